The Morgan fingerprint density at radius 1 is 0.857 bits per heavy atom. The van der Waals surface area contributed by atoms with Crippen molar-refractivity contribution in [1.29, 1.82) is 0 Å². The number of unbranched alkanes of at least 4 members (excludes halogenated alkanes) is 1. The summed E-state index contributed by atoms with van der Waals surface area (Å²) in [6, 6.07) is 21.1. The number of nitrogens with zero attached hydrogens (tertiary/aromatic N) is 1. The van der Waals surface area contributed by atoms with Gasteiger partial charge in [-0.2, -0.15) is 4.99 Å². The molecule has 1 unspecified atom stereocenters. The van der Waals surface area contributed by atoms with E-state index in [2.05, 4.69) is 67.9 Å². The summed E-state index contributed by atoms with van der Waals surface area (Å²) in [4.78, 5) is 6.08. The second-order valence-corrected chi connectivity index (χ2v) is 5.34. The normalized spacial score (nSPS) is 17.5. The molecule has 1 atom stereocenters. The molecule has 0 radical (unpaired) electrons. The predicted molar refractivity (Wildman–Crippen MR) is 88.9 cm³/mol. The standard InChI is InChI=1S/C19H20N2/c1-2-3-14-21-15-20-18(16-10-6-4-7-11-16)19(21)17-12-8-5-9-13-17/h4-13,15H,2-3,14H2,1H3/p+1. The van der Waals surface area contributed by atoms with E-state index in [9.17, 15) is 0 Å². The minimum absolute atomic E-state index is 1.10. The monoisotopic (exact) mass is 277 g/mol. The first-order valence-corrected chi connectivity index (χ1v) is 7.65. The molecule has 2 aromatic rings. The van der Waals surface area contributed by atoms with Crippen LogP contribution in [0.4, 0.5) is 0 Å². The maximum Gasteiger partial charge on any atom is 0.194 e. The van der Waals surface area contributed by atoms with E-state index in [0.29, 0.717) is 0 Å². The number of hydrogen-bond donors (Lipinski definition) is 1. The van der Waals surface area contributed by atoms with E-state index in [1.165, 1.54) is 34.6 Å². The van der Waals surface area contributed by atoms with Crippen molar-refractivity contribution < 1.29 is 4.90 Å². The van der Waals surface area contributed by atoms with E-state index in [-0.39, 0.29) is 0 Å². The van der Waals surface area contributed by atoms with Crippen molar-refractivity contribution in [3.05, 3.63) is 71.8 Å². The zero-order chi connectivity index (χ0) is 14.5. The molecule has 2 heteroatoms. The van der Waals surface area contributed by atoms with Crippen LogP contribution in [0.3, 0.4) is 0 Å². The Balaban J connectivity index is 2.04. The average molecular weight is 277 g/mol. The molecule has 1 heterocycles. The Labute approximate surface area is 126 Å². The highest BCUT2D eigenvalue weighted by atomic mass is 15.2. The van der Waals surface area contributed by atoms with Gasteiger partial charge in [-0.05, 0) is 18.6 Å². The largest absolute Gasteiger partial charge is 0.258 e. The van der Waals surface area contributed by atoms with Crippen LogP contribution < -0.4 is 4.90 Å². The van der Waals surface area contributed by atoms with Crippen molar-refractivity contribution in [1.82, 2.24) is 0 Å². The molecule has 0 amide bonds. The Bertz CT molecular complexity index is 642. The van der Waals surface area contributed by atoms with Gasteiger partial charge in [0, 0.05) is 11.1 Å². The fourth-order valence-corrected chi connectivity index (χ4v) is 2.72. The lowest BCUT2D eigenvalue weighted by atomic mass is 10.0. The molecule has 0 saturated carbocycles. The van der Waals surface area contributed by atoms with Crippen molar-refractivity contribution >= 4 is 17.7 Å². The summed E-state index contributed by atoms with van der Waals surface area (Å²) in [7, 11) is 0. The van der Waals surface area contributed by atoms with Crippen LogP contribution in [0.15, 0.2) is 65.7 Å². The number of rotatable bonds is 5. The number of benzene rings is 2. The van der Waals surface area contributed by atoms with Crippen molar-refractivity contribution in [3.63, 3.8) is 0 Å². The first-order chi connectivity index (χ1) is 10.4. The van der Waals surface area contributed by atoms with Gasteiger partial charge in [0.1, 0.15) is 5.70 Å². The van der Waals surface area contributed by atoms with Crippen LogP contribution >= 0.6 is 0 Å². The van der Waals surface area contributed by atoms with E-state index in [1.54, 1.807) is 0 Å². The van der Waals surface area contributed by atoms with Gasteiger partial charge >= 0.3 is 0 Å². The summed E-state index contributed by atoms with van der Waals surface area (Å²) in [6.07, 6.45) is 4.47. The maximum atomic E-state index is 4.72. The molecule has 0 bridgehead atoms. The lowest BCUT2D eigenvalue weighted by molar-refractivity contribution is -0.713. The summed E-state index contributed by atoms with van der Waals surface area (Å²) < 4.78 is 0. The third kappa shape index (κ3) is 2.96. The Morgan fingerprint density at radius 2 is 1.48 bits per heavy atom. The smallest absolute Gasteiger partial charge is 0.194 e. The molecule has 2 nitrogen and oxygen atoms in total. The summed E-state index contributed by atoms with van der Waals surface area (Å²) in [6.45, 7) is 3.33. The topological polar surface area (TPSA) is 16.8 Å². The number of nitrogens with one attached hydrogen (secondary N) is 1. The van der Waals surface area contributed by atoms with E-state index < -0.39 is 0 Å². The molecule has 21 heavy (non-hydrogen) atoms. The average Bonchev–Trinajstić information content (AvgIpc) is 2.98. The first kappa shape index (κ1) is 13.8. The van der Waals surface area contributed by atoms with Crippen LogP contribution in [0.1, 0.15) is 30.9 Å². The van der Waals surface area contributed by atoms with Gasteiger partial charge in [-0.1, -0.05) is 61.9 Å². The van der Waals surface area contributed by atoms with Gasteiger partial charge in [-0.3, -0.25) is 4.90 Å². The molecule has 3 rings (SSSR count). The zero-order valence-electron chi connectivity index (χ0n) is 12.4. The van der Waals surface area contributed by atoms with Crippen LogP contribution in [0, 0.1) is 0 Å². The fraction of sp³-hybridized carbons (Fsp3) is 0.211. The predicted octanol–water partition coefficient (Wildman–Crippen LogP) is 3.24. The molecule has 2 aromatic carbocycles. The Kier molecular flexibility index (Phi) is 4.27. The lowest BCUT2D eigenvalue weighted by Crippen LogP contribution is -3.07. The Morgan fingerprint density at radius 3 is 2.10 bits per heavy atom. The molecule has 1 aliphatic heterocycles. The van der Waals surface area contributed by atoms with Crippen LogP contribution in [0.2, 0.25) is 0 Å². The van der Waals surface area contributed by atoms with Crippen molar-refractivity contribution in [3.8, 4) is 0 Å². The molecule has 0 spiro atoms. The highest BCUT2D eigenvalue weighted by Gasteiger charge is 2.26. The van der Waals surface area contributed by atoms with Gasteiger partial charge in [0.15, 0.2) is 12.0 Å². The quantitative estimate of drug-likeness (QED) is 0.864. The summed E-state index contributed by atoms with van der Waals surface area (Å²) >= 11 is 0. The summed E-state index contributed by atoms with van der Waals surface area (Å²) in [5, 5.41) is 0. The lowest BCUT2D eigenvalue weighted by Gasteiger charge is -2.14. The van der Waals surface area contributed by atoms with Crippen molar-refractivity contribution in [2.75, 3.05) is 6.54 Å². The minimum atomic E-state index is 1.10. The third-order valence-corrected chi connectivity index (χ3v) is 3.82. The highest BCUT2D eigenvalue weighted by molar-refractivity contribution is 5.93. The summed E-state index contributed by atoms with van der Waals surface area (Å²) in [5.74, 6) is 0. The Hall–Kier alpha value is -2.19. The SMILES string of the molecule is CCCC[NH+]1C=NC(c2ccccc2)=C1c1ccccc1. The molecule has 1 N–H and O–H groups in total. The van der Waals surface area contributed by atoms with Crippen LogP contribution in [0.5, 0.6) is 0 Å². The molecule has 0 fully saturated rings. The second-order valence-electron chi connectivity index (χ2n) is 5.34. The molecule has 0 aromatic heterocycles. The first-order valence-electron chi connectivity index (χ1n) is 7.65. The van der Waals surface area contributed by atoms with Gasteiger partial charge in [-0.25, -0.2) is 0 Å². The number of aliphatic imine (C=N–C) groups is 1. The molecule has 0 saturated heterocycles. The molecular weight excluding hydrogens is 256 g/mol. The molecule has 106 valence electrons. The van der Waals surface area contributed by atoms with E-state index in [4.69, 9.17) is 4.99 Å². The summed E-state index contributed by atoms with van der Waals surface area (Å²) in [5.41, 5.74) is 4.86. The highest BCUT2D eigenvalue weighted by Crippen LogP contribution is 2.25. The van der Waals surface area contributed by atoms with Gasteiger partial charge in [0.05, 0.1) is 6.54 Å². The maximum absolute atomic E-state index is 4.72. The van der Waals surface area contributed by atoms with E-state index in [0.717, 1.165) is 12.2 Å². The van der Waals surface area contributed by atoms with Gasteiger partial charge < -0.3 is 0 Å². The van der Waals surface area contributed by atoms with E-state index >= 15 is 0 Å². The fourth-order valence-electron chi connectivity index (χ4n) is 2.72. The van der Waals surface area contributed by atoms with Gasteiger partial charge in [0.25, 0.3) is 0 Å². The van der Waals surface area contributed by atoms with Crippen LogP contribution in [-0.2, 0) is 0 Å². The number of hydrogen-bond acceptors (Lipinski definition) is 1. The second kappa shape index (κ2) is 6.51. The zero-order valence-corrected chi connectivity index (χ0v) is 12.4. The van der Waals surface area contributed by atoms with Gasteiger partial charge in [-0.15, -0.1) is 0 Å². The minimum Gasteiger partial charge on any atom is -0.258 e. The third-order valence-electron chi connectivity index (χ3n) is 3.82. The van der Waals surface area contributed by atoms with Crippen molar-refractivity contribution in [2.24, 2.45) is 4.99 Å². The molecular formula is C19H21N2+. The van der Waals surface area contributed by atoms with E-state index in [1.807, 2.05) is 6.07 Å². The molecule has 0 aliphatic carbocycles. The van der Waals surface area contributed by atoms with Crippen LogP contribution in [-0.4, -0.2) is 12.9 Å². The number of quaternary nitrogens is 1. The van der Waals surface area contributed by atoms with Crippen molar-refractivity contribution in [2.45, 2.75) is 19.8 Å². The van der Waals surface area contributed by atoms with Gasteiger partial charge in [0.2, 0.25) is 0 Å². The van der Waals surface area contributed by atoms with Crippen LogP contribution in [0.25, 0.3) is 11.4 Å². The molecule has 1 aliphatic rings.